The molecule has 0 saturated heterocycles. The average Bonchev–Trinajstić information content (AvgIpc) is 3.54. The number of fused-ring (bicyclic) bond motifs is 1. The summed E-state index contributed by atoms with van der Waals surface area (Å²) < 4.78 is 46.2. The molecule has 1 aliphatic rings. The lowest BCUT2D eigenvalue weighted by molar-refractivity contribution is -0.117. The maximum atomic E-state index is 13.5. The normalized spacial score (nSPS) is 15.1. The minimum atomic E-state index is -2.84. The number of hydrogen-bond donors (Lipinski definition) is 3. The number of amides is 1. The smallest absolute Gasteiger partial charge is 0.295 e. The third-order valence-electron chi connectivity index (χ3n) is 6.43. The average molecular weight is 529 g/mol. The van der Waals surface area contributed by atoms with E-state index < -0.39 is 22.0 Å². The summed E-state index contributed by atoms with van der Waals surface area (Å²) in [6, 6.07) is 6.92. The third kappa shape index (κ3) is 4.78. The van der Waals surface area contributed by atoms with Gasteiger partial charge in [-0.3, -0.25) is 9.48 Å². The number of halogens is 2. The molecule has 1 saturated carbocycles. The van der Waals surface area contributed by atoms with Crippen LogP contribution >= 0.6 is 0 Å². The number of carbonyl (C=O) groups is 1. The summed E-state index contributed by atoms with van der Waals surface area (Å²) in [5, 5.41) is 10.2. The minimum Gasteiger partial charge on any atom is -0.353 e. The maximum absolute atomic E-state index is 13.5. The van der Waals surface area contributed by atoms with E-state index >= 15 is 0 Å². The zero-order valence-corrected chi connectivity index (χ0v) is 21.5. The molecule has 1 aromatic carbocycles. The van der Waals surface area contributed by atoms with E-state index in [1.165, 1.54) is 19.4 Å². The second-order valence-electron chi connectivity index (χ2n) is 9.03. The highest BCUT2D eigenvalue weighted by Crippen LogP contribution is 2.36. The summed E-state index contributed by atoms with van der Waals surface area (Å²) in [5.41, 5.74) is 3.65. The largest absolute Gasteiger partial charge is 0.353 e. The molecule has 37 heavy (non-hydrogen) atoms. The molecule has 1 fully saturated rings. The van der Waals surface area contributed by atoms with Crippen LogP contribution in [0, 0.1) is 12.8 Å². The summed E-state index contributed by atoms with van der Waals surface area (Å²) >= 11 is 0. The number of nitrogens with one attached hydrogen (secondary N) is 3. The van der Waals surface area contributed by atoms with E-state index in [-0.39, 0.29) is 28.8 Å². The summed E-state index contributed by atoms with van der Waals surface area (Å²) in [6.45, 7) is 1.94. The van der Waals surface area contributed by atoms with Crippen LogP contribution in [0.5, 0.6) is 0 Å². The molecular formula is C24H26F2N8O2S. The van der Waals surface area contributed by atoms with Gasteiger partial charge in [0.15, 0.2) is 11.5 Å². The van der Waals surface area contributed by atoms with Gasteiger partial charge in [-0.25, -0.2) is 27.3 Å². The van der Waals surface area contributed by atoms with Gasteiger partial charge in [-0.2, -0.15) is 5.10 Å². The highest BCUT2D eigenvalue weighted by Gasteiger charge is 2.30. The third-order valence-corrected chi connectivity index (χ3v) is 8.28. The predicted molar refractivity (Wildman–Crippen MR) is 138 cm³/mol. The molecule has 10 nitrogen and oxygen atoms in total. The molecule has 1 aliphatic carbocycles. The second kappa shape index (κ2) is 9.21. The van der Waals surface area contributed by atoms with Gasteiger partial charge in [-0.1, -0.05) is 6.07 Å². The van der Waals surface area contributed by atoms with Gasteiger partial charge in [-0.15, -0.1) is 0 Å². The number of aromatic nitrogens is 5. The topological polar surface area (TPSA) is 130 Å². The molecular weight excluding hydrogens is 502 g/mol. The molecule has 1 unspecified atom stereocenters. The predicted octanol–water partition coefficient (Wildman–Crippen LogP) is 4.78. The molecule has 3 heterocycles. The molecule has 0 radical (unpaired) electrons. The lowest BCUT2D eigenvalue weighted by atomic mass is 10.1. The van der Waals surface area contributed by atoms with Crippen LogP contribution < -0.4 is 10.6 Å². The van der Waals surface area contributed by atoms with Gasteiger partial charge < -0.3 is 15.6 Å². The summed E-state index contributed by atoms with van der Waals surface area (Å²) in [5.74, 6) is -0.595. The van der Waals surface area contributed by atoms with E-state index in [0.717, 1.165) is 29.7 Å². The standard InChI is InChI=1S/C24H26F2N8O2S/c1-12-15(11-28-34(12)3)14-7-8-16(18(9-14)37(4,36)27-2)29-17-10-19(31-24(35)13-5-6-13)30-22-20(17)32-23(33-22)21(25)26/h7-11,13,21H,5-6H2,1-4H3,(H3,29,30,31,32,33,35). The number of nitrogens with zero attached hydrogens (tertiary/aromatic N) is 5. The fourth-order valence-corrected chi connectivity index (χ4v) is 5.05. The molecule has 1 atom stereocenters. The van der Waals surface area contributed by atoms with Crippen LogP contribution in [0.15, 0.2) is 39.7 Å². The number of rotatable bonds is 7. The van der Waals surface area contributed by atoms with Crippen molar-refractivity contribution >= 4 is 44.0 Å². The summed E-state index contributed by atoms with van der Waals surface area (Å²) in [7, 11) is 0.491. The Morgan fingerprint density at radius 2 is 2.00 bits per heavy atom. The van der Waals surface area contributed by atoms with Crippen molar-refractivity contribution in [2.24, 2.45) is 17.3 Å². The minimum absolute atomic E-state index is 0.0710. The van der Waals surface area contributed by atoms with Gasteiger partial charge in [0.2, 0.25) is 5.91 Å². The van der Waals surface area contributed by atoms with Crippen molar-refractivity contribution in [1.82, 2.24) is 24.7 Å². The molecule has 0 spiro atoms. The number of aryl methyl sites for hydroxylation is 1. The lowest BCUT2D eigenvalue weighted by Crippen LogP contribution is -2.14. The number of aromatic amines is 1. The fraction of sp³-hybridized carbons (Fsp3) is 0.333. The lowest BCUT2D eigenvalue weighted by Gasteiger charge is -2.16. The van der Waals surface area contributed by atoms with Crippen molar-refractivity contribution in [3.8, 4) is 11.1 Å². The highest BCUT2D eigenvalue weighted by molar-refractivity contribution is 7.93. The molecule has 4 aromatic rings. The van der Waals surface area contributed by atoms with Crippen molar-refractivity contribution in [1.29, 1.82) is 0 Å². The van der Waals surface area contributed by atoms with Gasteiger partial charge in [0.05, 0.1) is 32.2 Å². The maximum Gasteiger partial charge on any atom is 0.295 e. The first-order valence-electron chi connectivity index (χ1n) is 11.6. The number of hydrogen-bond acceptors (Lipinski definition) is 7. The van der Waals surface area contributed by atoms with Crippen LogP contribution in [-0.2, 0) is 21.6 Å². The van der Waals surface area contributed by atoms with Crippen LogP contribution in [-0.4, -0.2) is 48.2 Å². The van der Waals surface area contributed by atoms with Crippen molar-refractivity contribution < 1.29 is 17.8 Å². The summed E-state index contributed by atoms with van der Waals surface area (Å²) in [4.78, 5) is 23.6. The molecule has 194 valence electrons. The van der Waals surface area contributed by atoms with Crippen molar-refractivity contribution in [3.05, 3.63) is 42.0 Å². The number of carbonyl (C=O) groups excluding carboxylic acids is 1. The molecule has 5 rings (SSSR count). The quantitative estimate of drug-likeness (QED) is 0.316. The Balaban J connectivity index is 1.62. The molecule has 0 aliphatic heterocycles. The van der Waals surface area contributed by atoms with Gasteiger partial charge in [0.25, 0.3) is 6.43 Å². The number of H-pyrrole nitrogens is 1. The SMILES string of the molecule is CN=S(C)(=O)c1cc(-c2cnn(C)c2C)ccc1Nc1cc(NC(=O)C2CC2)nc2[nH]c(C(F)F)nc12. The Morgan fingerprint density at radius 1 is 1.24 bits per heavy atom. The fourth-order valence-electron chi connectivity index (χ4n) is 3.98. The first-order valence-corrected chi connectivity index (χ1v) is 13.5. The van der Waals surface area contributed by atoms with E-state index in [1.54, 1.807) is 23.0 Å². The van der Waals surface area contributed by atoms with Crippen molar-refractivity contribution in [3.63, 3.8) is 0 Å². The molecule has 3 N–H and O–H groups in total. The van der Waals surface area contributed by atoms with E-state index in [4.69, 9.17) is 0 Å². The Hall–Kier alpha value is -3.87. The van der Waals surface area contributed by atoms with Crippen molar-refractivity contribution in [2.45, 2.75) is 31.1 Å². The van der Waals surface area contributed by atoms with Crippen LogP contribution in [0.2, 0.25) is 0 Å². The molecule has 13 heteroatoms. The van der Waals surface area contributed by atoms with Gasteiger partial charge in [-0.05, 0) is 37.5 Å². The van der Waals surface area contributed by atoms with E-state index in [1.807, 2.05) is 20.0 Å². The Kier molecular flexibility index (Phi) is 6.18. The number of pyridine rings is 1. The van der Waals surface area contributed by atoms with Crippen LogP contribution in [0.3, 0.4) is 0 Å². The van der Waals surface area contributed by atoms with E-state index in [0.29, 0.717) is 16.3 Å². The first-order chi connectivity index (χ1) is 17.6. The van der Waals surface area contributed by atoms with Crippen LogP contribution in [0.25, 0.3) is 22.3 Å². The van der Waals surface area contributed by atoms with E-state index in [2.05, 4.69) is 35.0 Å². The van der Waals surface area contributed by atoms with Crippen LogP contribution in [0.1, 0.15) is 30.8 Å². The number of anilines is 3. The zero-order valence-electron chi connectivity index (χ0n) is 20.7. The first kappa shape index (κ1) is 24.8. The van der Waals surface area contributed by atoms with Gasteiger partial charge in [0, 0.05) is 43.6 Å². The Morgan fingerprint density at radius 3 is 2.62 bits per heavy atom. The number of alkyl halides is 2. The van der Waals surface area contributed by atoms with Gasteiger partial charge in [0.1, 0.15) is 11.3 Å². The molecule has 1 amide bonds. The van der Waals surface area contributed by atoms with Crippen molar-refractivity contribution in [2.75, 3.05) is 23.9 Å². The van der Waals surface area contributed by atoms with Gasteiger partial charge >= 0.3 is 0 Å². The molecule has 0 bridgehead atoms. The Bertz CT molecular complexity index is 1650. The highest BCUT2D eigenvalue weighted by atomic mass is 32.2. The molecule has 3 aromatic heterocycles. The zero-order chi connectivity index (χ0) is 26.5. The summed E-state index contributed by atoms with van der Waals surface area (Å²) in [6.07, 6.45) is 2.03. The monoisotopic (exact) mass is 528 g/mol. The second-order valence-corrected chi connectivity index (χ2v) is 11.4. The number of benzene rings is 1. The van der Waals surface area contributed by atoms with Crippen LogP contribution in [0.4, 0.5) is 26.0 Å². The number of imidazole rings is 1. The Labute approximate surface area is 212 Å². The van der Waals surface area contributed by atoms with E-state index in [9.17, 15) is 17.8 Å².